The fraction of sp³-hybridized carbons (Fsp3) is 0.562. The minimum atomic E-state index is -1.60. The van der Waals surface area contributed by atoms with E-state index < -0.39 is 43.3 Å². The van der Waals surface area contributed by atoms with Crippen LogP contribution in [0.25, 0.3) is 0 Å². The lowest BCUT2D eigenvalue weighted by Gasteiger charge is -2.39. The van der Waals surface area contributed by atoms with E-state index in [-0.39, 0.29) is 11.3 Å². The van der Waals surface area contributed by atoms with E-state index in [9.17, 15) is 25.2 Å². The summed E-state index contributed by atoms with van der Waals surface area (Å²) in [5.74, 6) is -1.26. The van der Waals surface area contributed by atoms with E-state index in [0.717, 1.165) is 0 Å². The number of halogens is 2. The molecule has 0 spiro atoms. The van der Waals surface area contributed by atoms with Crippen LogP contribution >= 0.6 is 37.2 Å². The number of benzene rings is 1. The lowest BCUT2D eigenvalue weighted by Crippen LogP contribution is -2.60. The average molecular weight is 598 g/mol. The minimum Gasteiger partial charge on any atom is -0.478 e. The van der Waals surface area contributed by atoms with Crippen molar-refractivity contribution in [2.45, 2.75) is 51.5 Å². The van der Waals surface area contributed by atoms with Gasteiger partial charge in [0.15, 0.2) is 0 Å². The Morgan fingerprint density at radius 3 is 2.23 bits per heavy atom. The molecule has 5 N–H and O–H groups in total. The molecule has 1 saturated heterocycles. The van der Waals surface area contributed by atoms with E-state index >= 15 is 0 Å². The predicted molar refractivity (Wildman–Crippen MR) is 112 cm³/mol. The molecule has 1 aliphatic rings. The van der Waals surface area contributed by atoms with Crippen LogP contribution in [0.2, 0.25) is 0 Å². The highest BCUT2D eigenvalue weighted by Gasteiger charge is 2.45. The lowest BCUT2D eigenvalue weighted by molar-refractivity contribution is -0.277. The van der Waals surface area contributed by atoms with Crippen LogP contribution in [0.5, 0.6) is 5.75 Å². The van der Waals surface area contributed by atoms with Crippen molar-refractivity contribution in [3.05, 3.63) is 29.3 Å². The summed E-state index contributed by atoms with van der Waals surface area (Å²) < 4.78 is 10.5. The summed E-state index contributed by atoms with van der Waals surface area (Å²) in [6.45, 7) is 4.99. The summed E-state index contributed by atoms with van der Waals surface area (Å²) in [5.41, 5.74) is 0.356. The van der Waals surface area contributed by atoms with Gasteiger partial charge >= 0.3 is 5.97 Å². The Morgan fingerprint density at radius 2 is 1.73 bits per heavy atom. The first kappa shape index (κ1) is 25.8. The highest BCUT2D eigenvalue weighted by molar-refractivity contribution is 15.0. The van der Waals surface area contributed by atoms with Crippen molar-refractivity contribution in [1.82, 2.24) is 0 Å². The summed E-state index contributed by atoms with van der Waals surface area (Å²) in [4.78, 5) is 11.3. The minimum absolute atomic E-state index is 0.0446. The van der Waals surface area contributed by atoms with Crippen molar-refractivity contribution in [2.24, 2.45) is 0 Å². The second-order valence-corrected chi connectivity index (χ2v) is 5.07. The summed E-state index contributed by atoms with van der Waals surface area (Å²) in [5, 5.41) is 47.6. The van der Waals surface area contributed by atoms with E-state index in [4.69, 9.17) is 14.6 Å². The fourth-order valence-electron chi connectivity index (χ4n) is 2.30. The molecule has 1 aromatic carbocycles. The maximum Gasteiger partial charge on any atom is 0.339 e. The molecule has 0 aromatic heterocycles. The molecule has 10 heteroatoms. The van der Waals surface area contributed by atoms with E-state index in [1.807, 2.05) is 13.8 Å². The monoisotopic (exact) mass is 598 g/mol. The van der Waals surface area contributed by atoms with Crippen LogP contribution in [-0.4, -0.2) is 68.8 Å². The summed E-state index contributed by atoms with van der Waals surface area (Å²) >= 11 is 4.24. The maximum atomic E-state index is 11.3. The third kappa shape index (κ3) is 6.42. The number of aliphatic hydroxyl groups excluding tert-OH is 4. The summed E-state index contributed by atoms with van der Waals surface area (Å²) in [7, 11) is 0. The van der Waals surface area contributed by atoms with Gasteiger partial charge in [0.25, 0.3) is 0 Å². The Bertz CT molecular complexity index is 555. The third-order valence-corrected chi connectivity index (χ3v) is 3.54. The zero-order valence-electron chi connectivity index (χ0n) is 14.5. The Morgan fingerprint density at radius 1 is 1.15 bits per heavy atom. The van der Waals surface area contributed by atoms with Gasteiger partial charge in [0.1, 0.15) is 35.7 Å². The summed E-state index contributed by atoms with van der Waals surface area (Å²) in [6, 6.07) is 4.54. The third-order valence-electron chi connectivity index (χ3n) is 3.54. The number of hydrogen-bond acceptors (Lipinski definition) is 7. The SMILES string of the molecule is CC.Cc1cccc(O[C@@H]2O[C@H](CO)[C@@H](O)[C@H](O)[C@H]2O)c1C(=O)O.II. The predicted octanol–water partition coefficient (Wildman–Crippen LogP) is 1.67. The van der Waals surface area contributed by atoms with Gasteiger partial charge in [-0.3, -0.25) is 0 Å². The van der Waals surface area contributed by atoms with Crippen LogP contribution in [0.15, 0.2) is 18.2 Å². The molecule has 8 nitrogen and oxygen atoms in total. The van der Waals surface area contributed by atoms with Gasteiger partial charge in [0.2, 0.25) is 6.29 Å². The molecule has 0 aliphatic carbocycles. The van der Waals surface area contributed by atoms with Crippen LogP contribution in [0.3, 0.4) is 0 Å². The maximum absolute atomic E-state index is 11.3. The molecule has 0 saturated carbocycles. The van der Waals surface area contributed by atoms with Gasteiger partial charge in [0.05, 0.1) is 6.61 Å². The topological polar surface area (TPSA) is 137 Å². The highest BCUT2D eigenvalue weighted by Crippen LogP contribution is 2.28. The van der Waals surface area contributed by atoms with E-state index in [0.29, 0.717) is 5.56 Å². The number of hydrogen-bond donors (Lipinski definition) is 5. The first-order chi connectivity index (χ1) is 12.4. The van der Waals surface area contributed by atoms with Crippen LogP contribution in [0, 0.1) is 6.92 Å². The molecule has 1 aliphatic heterocycles. The number of ether oxygens (including phenoxy) is 2. The van der Waals surface area contributed by atoms with E-state index in [1.165, 1.54) is 6.07 Å². The fourth-order valence-corrected chi connectivity index (χ4v) is 2.30. The molecular formula is C16H24I2O8. The molecule has 26 heavy (non-hydrogen) atoms. The number of aromatic carboxylic acids is 1. The van der Waals surface area contributed by atoms with Gasteiger partial charge in [-0.05, 0) is 18.6 Å². The molecule has 0 bridgehead atoms. The standard InChI is InChI=1S/C14H18O8.C2H6.I2/c1-6-3-2-4-7(9(6)13(19)20)21-14-12(18)11(17)10(16)8(5-15)22-14;2*1-2/h2-4,8,10-12,14-18H,5H2,1H3,(H,19,20);1-2H3;/t8-,10-,11+,12-,14-;;/m1../s1. The van der Waals surface area contributed by atoms with Crippen LogP contribution < -0.4 is 4.74 Å². The Balaban J connectivity index is 0.00000146. The van der Waals surface area contributed by atoms with Crippen LogP contribution in [-0.2, 0) is 4.74 Å². The molecule has 0 radical (unpaired) electrons. The van der Waals surface area contributed by atoms with Crippen LogP contribution in [0.4, 0.5) is 0 Å². The molecule has 0 amide bonds. The second kappa shape index (κ2) is 13.0. The summed E-state index contributed by atoms with van der Waals surface area (Å²) in [6.07, 6.45) is -7.23. The van der Waals surface area contributed by atoms with E-state index in [2.05, 4.69) is 37.2 Å². The Kier molecular flexibility index (Phi) is 12.9. The normalized spacial score (nSPS) is 27.3. The quantitative estimate of drug-likeness (QED) is 0.331. The smallest absolute Gasteiger partial charge is 0.339 e. The zero-order chi connectivity index (χ0) is 20.4. The van der Waals surface area contributed by atoms with Crippen molar-refractivity contribution in [3.8, 4) is 5.75 Å². The zero-order valence-corrected chi connectivity index (χ0v) is 18.9. The van der Waals surface area contributed by atoms with Gasteiger partial charge in [-0.2, -0.15) is 0 Å². The van der Waals surface area contributed by atoms with Crippen LogP contribution in [0.1, 0.15) is 29.8 Å². The first-order valence-electron chi connectivity index (χ1n) is 7.81. The largest absolute Gasteiger partial charge is 0.478 e. The van der Waals surface area contributed by atoms with Gasteiger partial charge in [0, 0.05) is 37.2 Å². The van der Waals surface area contributed by atoms with Crippen molar-refractivity contribution in [3.63, 3.8) is 0 Å². The van der Waals surface area contributed by atoms with E-state index in [1.54, 1.807) is 19.1 Å². The number of rotatable bonds is 4. The number of carbonyl (C=O) groups is 1. The number of carboxylic acids is 1. The van der Waals surface area contributed by atoms with Gasteiger partial charge in [-0.25, -0.2) is 4.79 Å². The first-order valence-corrected chi connectivity index (χ1v) is 14.1. The molecular weight excluding hydrogens is 574 g/mol. The number of aliphatic hydroxyl groups is 4. The molecule has 1 heterocycles. The Hall–Kier alpha value is -0.250. The average Bonchev–Trinajstić information content (AvgIpc) is 2.65. The highest BCUT2D eigenvalue weighted by atomic mass is 128. The molecule has 5 atom stereocenters. The Labute approximate surface area is 175 Å². The number of carboxylic acid groups (broad SMARTS) is 1. The van der Waals surface area contributed by atoms with Crippen molar-refractivity contribution < 1.29 is 39.8 Å². The van der Waals surface area contributed by atoms with Gasteiger partial charge in [-0.1, -0.05) is 26.0 Å². The molecule has 0 unspecified atom stereocenters. The molecule has 2 rings (SSSR count). The van der Waals surface area contributed by atoms with Gasteiger partial charge < -0.3 is 35.0 Å². The van der Waals surface area contributed by atoms with Crippen molar-refractivity contribution in [2.75, 3.05) is 6.61 Å². The number of aryl methyl sites for hydroxylation is 1. The molecule has 1 aromatic rings. The molecule has 1 fully saturated rings. The second-order valence-electron chi connectivity index (χ2n) is 5.07. The molecule has 150 valence electrons. The van der Waals surface area contributed by atoms with Crippen molar-refractivity contribution >= 4 is 43.2 Å². The van der Waals surface area contributed by atoms with Gasteiger partial charge in [-0.15, -0.1) is 0 Å². The van der Waals surface area contributed by atoms with Crippen molar-refractivity contribution in [1.29, 1.82) is 0 Å². The lowest BCUT2D eigenvalue weighted by atomic mass is 9.99.